The molecule has 7 heteroatoms. The topological polar surface area (TPSA) is 54.0 Å². The SMILES string of the molecule is CN1CCN([C@H](CNC(=O)c2cccs2)c2ccc3c(c2)OCO3)CC1. The Kier molecular flexibility index (Phi) is 5.10. The van der Waals surface area contributed by atoms with Crippen molar-refractivity contribution >= 4 is 17.2 Å². The second kappa shape index (κ2) is 7.65. The fourth-order valence-electron chi connectivity index (χ4n) is 3.40. The van der Waals surface area contributed by atoms with Gasteiger partial charge in [0.15, 0.2) is 11.5 Å². The molecule has 1 atom stereocenters. The Bertz CT molecular complexity index is 757. The first-order chi connectivity index (χ1) is 12.7. The molecule has 6 nitrogen and oxygen atoms in total. The van der Waals surface area contributed by atoms with Crippen molar-refractivity contribution in [2.75, 3.05) is 46.6 Å². The van der Waals surface area contributed by atoms with E-state index in [1.165, 1.54) is 11.3 Å². The molecule has 138 valence electrons. The molecule has 1 amide bonds. The van der Waals surface area contributed by atoms with Crippen LogP contribution in [0.5, 0.6) is 11.5 Å². The first kappa shape index (κ1) is 17.3. The number of benzene rings is 1. The number of hydrogen-bond donors (Lipinski definition) is 1. The van der Waals surface area contributed by atoms with Gasteiger partial charge in [-0.25, -0.2) is 0 Å². The molecule has 1 N–H and O–H groups in total. The van der Waals surface area contributed by atoms with Crippen LogP contribution in [0.4, 0.5) is 0 Å². The highest BCUT2D eigenvalue weighted by atomic mass is 32.1. The van der Waals surface area contributed by atoms with Crippen molar-refractivity contribution in [1.29, 1.82) is 0 Å². The largest absolute Gasteiger partial charge is 0.454 e. The van der Waals surface area contributed by atoms with Gasteiger partial charge in [-0.1, -0.05) is 12.1 Å². The summed E-state index contributed by atoms with van der Waals surface area (Å²) in [7, 11) is 2.14. The normalized spacial score (nSPS) is 18.7. The van der Waals surface area contributed by atoms with Crippen LogP contribution >= 0.6 is 11.3 Å². The molecule has 4 rings (SSSR count). The average molecular weight is 373 g/mol. The fourth-order valence-corrected chi connectivity index (χ4v) is 4.04. The van der Waals surface area contributed by atoms with Crippen LogP contribution < -0.4 is 14.8 Å². The summed E-state index contributed by atoms with van der Waals surface area (Å²) in [6.07, 6.45) is 0. The average Bonchev–Trinajstić information content (AvgIpc) is 3.34. The van der Waals surface area contributed by atoms with Gasteiger partial charge in [0.1, 0.15) is 0 Å². The van der Waals surface area contributed by atoms with Gasteiger partial charge in [0.05, 0.1) is 10.9 Å². The highest BCUT2D eigenvalue weighted by molar-refractivity contribution is 7.12. The first-order valence-corrected chi connectivity index (χ1v) is 9.72. The summed E-state index contributed by atoms with van der Waals surface area (Å²) in [6, 6.07) is 9.95. The van der Waals surface area contributed by atoms with Crippen LogP contribution in [0.1, 0.15) is 21.3 Å². The first-order valence-electron chi connectivity index (χ1n) is 8.84. The van der Waals surface area contributed by atoms with Gasteiger partial charge in [-0.3, -0.25) is 9.69 Å². The third-order valence-corrected chi connectivity index (χ3v) is 5.83. The smallest absolute Gasteiger partial charge is 0.261 e. The van der Waals surface area contributed by atoms with Gasteiger partial charge in [-0.15, -0.1) is 11.3 Å². The van der Waals surface area contributed by atoms with Crippen molar-refractivity contribution < 1.29 is 14.3 Å². The number of hydrogen-bond acceptors (Lipinski definition) is 6. The van der Waals surface area contributed by atoms with Gasteiger partial charge in [0.2, 0.25) is 6.79 Å². The van der Waals surface area contributed by atoms with Crippen molar-refractivity contribution in [2.24, 2.45) is 0 Å². The minimum atomic E-state index is -0.0140. The van der Waals surface area contributed by atoms with E-state index in [1.54, 1.807) is 0 Å². The summed E-state index contributed by atoms with van der Waals surface area (Å²) in [5, 5.41) is 5.03. The maximum absolute atomic E-state index is 12.4. The van der Waals surface area contributed by atoms with E-state index in [-0.39, 0.29) is 18.7 Å². The maximum Gasteiger partial charge on any atom is 0.261 e. The molecule has 0 bridgehead atoms. The lowest BCUT2D eigenvalue weighted by molar-refractivity contribution is 0.0889. The van der Waals surface area contributed by atoms with E-state index in [1.807, 2.05) is 29.6 Å². The molecule has 0 unspecified atom stereocenters. The molecule has 1 saturated heterocycles. The fraction of sp³-hybridized carbons (Fsp3) is 0.421. The molecule has 0 aliphatic carbocycles. The van der Waals surface area contributed by atoms with E-state index in [9.17, 15) is 4.79 Å². The van der Waals surface area contributed by atoms with E-state index in [0.717, 1.165) is 48.1 Å². The van der Waals surface area contributed by atoms with Gasteiger partial charge in [0, 0.05) is 32.7 Å². The number of rotatable bonds is 5. The molecule has 1 fully saturated rings. The molecule has 3 heterocycles. The van der Waals surface area contributed by atoms with Gasteiger partial charge >= 0.3 is 0 Å². The predicted molar refractivity (Wildman–Crippen MR) is 101 cm³/mol. The van der Waals surface area contributed by atoms with E-state index in [4.69, 9.17) is 9.47 Å². The third-order valence-electron chi connectivity index (χ3n) is 4.96. The lowest BCUT2D eigenvalue weighted by Crippen LogP contribution is -2.48. The number of fused-ring (bicyclic) bond motifs is 1. The van der Waals surface area contributed by atoms with Gasteiger partial charge in [-0.05, 0) is 36.2 Å². The molecule has 0 radical (unpaired) electrons. The molecule has 0 spiro atoms. The molecular weight excluding hydrogens is 350 g/mol. The molecule has 1 aromatic heterocycles. The number of likely N-dealkylation sites (N-methyl/N-ethyl adjacent to an activating group) is 1. The standard InChI is InChI=1S/C19H23N3O3S/c1-21-6-8-22(9-7-21)15(12-20-19(23)18-3-2-10-26-18)14-4-5-16-17(11-14)25-13-24-16/h2-5,10-11,15H,6-9,12-13H2,1H3,(H,20,23)/t15-/m1/s1. The van der Waals surface area contributed by atoms with Crippen LogP contribution in [0.15, 0.2) is 35.7 Å². The van der Waals surface area contributed by atoms with Gasteiger partial charge < -0.3 is 19.7 Å². The van der Waals surface area contributed by atoms with Crippen LogP contribution in [0.2, 0.25) is 0 Å². The lowest BCUT2D eigenvalue weighted by Gasteiger charge is -2.38. The number of carbonyl (C=O) groups is 1. The molecule has 1 aromatic carbocycles. The van der Waals surface area contributed by atoms with E-state index < -0.39 is 0 Å². The molecular formula is C19H23N3O3S. The van der Waals surface area contributed by atoms with Crippen molar-refractivity contribution in [2.45, 2.75) is 6.04 Å². The molecule has 2 aromatic rings. The van der Waals surface area contributed by atoms with E-state index >= 15 is 0 Å². The van der Waals surface area contributed by atoms with Gasteiger partial charge in [0.25, 0.3) is 5.91 Å². The summed E-state index contributed by atoms with van der Waals surface area (Å²) >= 11 is 1.46. The molecule has 2 aliphatic rings. The number of amides is 1. The number of nitrogens with one attached hydrogen (secondary N) is 1. The van der Waals surface area contributed by atoms with E-state index in [2.05, 4.69) is 28.2 Å². The van der Waals surface area contributed by atoms with Crippen LogP contribution in [0.25, 0.3) is 0 Å². The number of piperazine rings is 1. The number of thiophene rings is 1. The van der Waals surface area contributed by atoms with E-state index in [0.29, 0.717) is 6.54 Å². The highest BCUT2D eigenvalue weighted by Crippen LogP contribution is 2.35. The summed E-state index contributed by atoms with van der Waals surface area (Å²) in [5.74, 6) is 1.56. The van der Waals surface area contributed by atoms with Crippen molar-refractivity contribution in [3.8, 4) is 11.5 Å². The van der Waals surface area contributed by atoms with Crippen LogP contribution in [-0.2, 0) is 0 Å². The van der Waals surface area contributed by atoms with Crippen LogP contribution in [0.3, 0.4) is 0 Å². The number of carbonyl (C=O) groups excluding carboxylic acids is 1. The van der Waals surface area contributed by atoms with Crippen LogP contribution in [0, 0.1) is 0 Å². The summed E-state index contributed by atoms with van der Waals surface area (Å²) < 4.78 is 11.0. The number of ether oxygens (including phenoxy) is 2. The molecule has 26 heavy (non-hydrogen) atoms. The Balaban J connectivity index is 1.52. The zero-order valence-electron chi connectivity index (χ0n) is 14.8. The minimum absolute atomic E-state index is 0.0140. The Hall–Kier alpha value is -2.09. The highest BCUT2D eigenvalue weighted by Gasteiger charge is 2.26. The van der Waals surface area contributed by atoms with Gasteiger partial charge in [-0.2, -0.15) is 0 Å². The second-order valence-electron chi connectivity index (χ2n) is 6.66. The quantitative estimate of drug-likeness (QED) is 0.871. The molecule has 2 aliphatic heterocycles. The summed E-state index contributed by atoms with van der Waals surface area (Å²) in [4.78, 5) is 17.9. The third kappa shape index (κ3) is 3.70. The van der Waals surface area contributed by atoms with Crippen molar-refractivity contribution in [1.82, 2.24) is 15.1 Å². The Morgan fingerprint density at radius 3 is 2.77 bits per heavy atom. The zero-order valence-corrected chi connectivity index (χ0v) is 15.6. The van der Waals surface area contributed by atoms with Crippen molar-refractivity contribution in [3.05, 3.63) is 46.2 Å². The zero-order chi connectivity index (χ0) is 17.9. The van der Waals surface area contributed by atoms with Crippen LogP contribution in [-0.4, -0.2) is 62.3 Å². The summed E-state index contributed by atoms with van der Waals surface area (Å²) in [5.41, 5.74) is 1.14. The number of nitrogens with zero attached hydrogens (tertiary/aromatic N) is 2. The minimum Gasteiger partial charge on any atom is -0.454 e. The lowest BCUT2D eigenvalue weighted by atomic mass is 10.0. The second-order valence-corrected chi connectivity index (χ2v) is 7.60. The van der Waals surface area contributed by atoms with Crippen molar-refractivity contribution in [3.63, 3.8) is 0 Å². The Morgan fingerprint density at radius 1 is 1.19 bits per heavy atom. The summed E-state index contributed by atoms with van der Waals surface area (Å²) in [6.45, 7) is 4.85. The predicted octanol–water partition coefficient (Wildman–Crippen LogP) is 2.20. The monoisotopic (exact) mass is 373 g/mol. The maximum atomic E-state index is 12.4. The Morgan fingerprint density at radius 2 is 2.00 bits per heavy atom. The Labute approximate surface area is 157 Å². The molecule has 0 saturated carbocycles.